The standard InChI is InChI=1S/C18H16N4O3/c1-18(2)8-14(23)16(15(24)9-18)21-20-12-7-11(10-19)13-5-3-4-6-22(13)17(12)25/h3-7,23H,8-9H2,1-2H3. The van der Waals surface area contributed by atoms with Gasteiger partial charge in [-0.05, 0) is 23.6 Å². The molecule has 7 heteroatoms. The van der Waals surface area contributed by atoms with E-state index in [0.29, 0.717) is 11.9 Å². The number of aliphatic hydroxyl groups excluding tert-OH is 1. The van der Waals surface area contributed by atoms with Crippen LogP contribution in [-0.4, -0.2) is 15.3 Å². The number of aliphatic hydroxyl groups is 1. The van der Waals surface area contributed by atoms with Crippen molar-refractivity contribution in [3.05, 3.63) is 57.8 Å². The molecule has 7 nitrogen and oxygen atoms in total. The summed E-state index contributed by atoms with van der Waals surface area (Å²) in [6, 6.07) is 8.39. The van der Waals surface area contributed by atoms with Gasteiger partial charge in [-0.1, -0.05) is 19.9 Å². The summed E-state index contributed by atoms with van der Waals surface area (Å²) in [7, 11) is 0. The molecule has 0 radical (unpaired) electrons. The van der Waals surface area contributed by atoms with Gasteiger partial charge in [0.05, 0.1) is 11.1 Å². The lowest BCUT2D eigenvalue weighted by atomic mass is 9.78. The van der Waals surface area contributed by atoms with Gasteiger partial charge in [0.25, 0.3) is 5.56 Å². The van der Waals surface area contributed by atoms with Crippen LogP contribution in [-0.2, 0) is 4.79 Å². The molecule has 2 aromatic rings. The number of allylic oxidation sites excluding steroid dienone is 2. The van der Waals surface area contributed by atoms with Gasteiger partial charge in [-0.3, -0.25) is 14.0 Å². The van der Waals surface area contributed by atoms with Crippen LogP contribution < -0.4 is 5.56 Å². The van der Waals surface area contributed by atoms with E-state index < -0.39 is 5.56 Å². The van der Waals surface area contributed by atoms with Crippen molar-refractivity contribution in [2.75, 3.05) is 0 Å². The molecule has 0 saturated carbocycles. The second-order valence-corrected chi connectivity index (χ2v) is 6.75. The average molecular weight is 336 g/mol. The topological polar surface area (TPSA) is 107 Å². The number of azo groups is 1. The Morgan fingerprint density at radius 1 is 1.24 bits per heavy atom. The molecule has 126 valence electrons. The summed E-state index contributed by atoms with van der Waals surface area (Å²) in [4.78, 5) is 24.6. The minimum Gasteiger partial charge on any atom is -0.510 e. The van der Waals surface area contributed by atoms with Crippen LogP contribution in [0.5, 0.6) is 0 Å². The van der Waals surface area contributed by atoms with Crippen LogP contribution >= 0.6 is 0 Å². The van der Waals surface area contributed by atoms with E-state index >= 15 is 0 Å². The molecule has 1 aliphatic carbocycles. The summed E-state index contributed by atoms with van der Waals surface area (Å²) in [5.41, 5.74) is -0.262. The van der Waals surface area contributed by atoms with Crippen molar-refractivity contribution in [1.29, 1.82) is 5.26 Å². The highest BCUT2D eigenvalue weighted by Gasteiger charge is 2.33. The Balaban J connectivity index is 2.09. The number of aromatic nitrogens is 1. The first kappa shape index (κ1) is 16.6. The summed E-state index contributed by atoms with van der Waals surface area (Å²) in [5, 5.41) is 27.0. The quantitative estimate of drug-likeness (QED) is 0.848. The first-order chi connectivity index (χ1) is 11.8. The SMILES string of the molecule is CC1(C)CC(=O)C(N=Nc2cc(C#N)c3ccccn3c2=O)=C(O)C1. The van der Waals surface area contributed by atoms with Crippen LogP contribution in [0.25, 0.3) is 5.52 Å². The van der Waals surface area contributed by atoms with Crippen molar-refractivity contribution in [3.63, 3.8) is 0 Å². The van der Waals surface area contributed by atoms with Gasteiger partial charge < -0.3 is 5.11 Å². The van der Waals surface area contributed by atoms with Crippen LogP contribution in [0.1, 0.15) is 32.3 Å². The lowest BCUT2D eigenvalue weighted by Crippen LogP contribution is -2.25. The number of carbonyl (C=O) groups is 1. The Hall–Kier alpha value is -3.27. The summed E-state index contributed by atoms with van der Waals surface area (Å²) in [6.07, 6.45) is 2.08. The first-order valence-corrected chi connectivity index (χ1v) is 7.74. The van der Waals surface area contributed by atoms with Crippen LogP contribution in [0, 0.1) is 16.7 Å². The van der Waals surface area contributed by atoms with Gasteiger partial charge >= 0.3 is 0 Å². The second kappa shape index (κ2) is 5.98. The van der Waals surface area contributed by atoms with Crippen LogP contribution in [0.4, 0.5) is 5.69 Å². The minimum absolute atomic E-state index is 0.0711. The smallest absolute Gasteiger partial charge is 0.282 e. The van der Waals surface area contributed by atoms with Crippen LogP contribution in [0.15, 0.2) is 56.9 Å². The zero-order chi connectivity index (χ0) is 18.2. The monoisotopic (exact) mass is 336 g/mol. The molecule has 0 aromatic carbocycles. The predicted octanol–water partition coefficient (Wildman–Crippen LogP) is 3.41. The molecule has 0 atom stereocenters. The zero-order valence-electron chi connectivity index (χ0n) is 13.9. The maximum absolute atomic E-state index is 12.5. The third-order valence-corrected chi connectivity index (χ3v) is 4.06. The molecule has 0 amide bonds. The molecule has 1 aliphatic rings. The maximum Gasteiger partial charge on any atom is 0.282 e. The third-order valence-electron chi connectivity index (χ3n) is 4.06. The van der Waals surface area contributed by atoms with E-state index in [1.54, 1.807) is 18.2 Å². The van der Waals surface area contributed by atoms with Gasteiger partial charge in [0.2, 0.25) is 0 Å². The molecular weight excluding hydrogens is 320 g/mol. The van der Waals surface area contributed by atoms with Crippen molar-refractivity contribution in [2.45, 2.75) is 26.7 Å². The van der Waals surface area contributed by atoms with Gasteiger partial charge in [-0.15, -0.1) is 10.2 Å². The zero-order valence-corrected chi connectivity index (χ0v) is 13.9. The molecule has 0 fully saturated rings. The largest absolute Gasteiger partial charge is 0.510 e. The first-order valence-electron chi connectivity index (χ1n) is 7.74. The predicted molar refractivity (Wildman–Crippen MR) is 90.6 cm³/mol. The van der Waals surface area contributed by atoms with Gasteiger partial charge in [0.15, 0.2) is 17.2 Å². The van der Waals surface area contributed by atoms with Gasteiger partial charge in [0.1, 0.15) is 11.8 Å². The summed E-state index contributed by atoms with van der Waals surface area (Å²) < 4.78 is 1.30. The lowest BCUT2D eigenvalue weighted by Gasteiger charge is -2.27. The number of hydrogen-bond donors (Lipinski definition) is 1. The Morgan fingerprint density at radius 3 is 2.68 bits per heavy atom. The van der Waals surface area contributed by atoms with Crippen molar-refractivity contribution in [1.82, 2.24) is 4.40 Å². The van der Waals surface area contributed by atoms with Crippen LogP contribution in [0.3, 0.4) is 0 Å². The highest BCUT2D eigenvalue weighted by molar-refractivity contribution is 5.96. The molecular formula is C18H16N4O3. The molecule has 3 rings (SSSR count). The number of carbonyl (C=O) groups excluding carboxylic acids is 1. The molecule has 0 unspecified atom stereocenters. The van der Waals surface area contributed by atoms with Gasteiger partial charge in [0, 0.05) is 19.0 Å². The Labute approximate surface area is 143 Å². The third kappa shape index (κ3) is 3.06. The highest BCUT2D eigenvalue weighted by atomic mass is 16.3. The summed E-state index contributed by atoms with van der Waals surface area (Å²) >= 11 is 0. The Bertz CT molecular complexity index is 1040. The molecule has 2 aromatic heterocycles. The Kier molecular flexibility index (Phi) is 3.97. The highest BCUT2D eigenvalue weighted by Crippen LogP contribution is 2.36. The van der Waals surface area contributed by atoms with E-state index in [9.17, 15) is 20.0 Å². The van der Waals surface area contributed by atoms with E-state index in [-0.39, 0.29) is 40.3 Å². The van der Waals surface area contributed by atoms with E-state index in [0.717, 1.165) is 0 Å². The molecule has 2 heterocycles. The number of fused-ring (bicyclic) bond motifs is 1. The number of nitrogens with zero attached hydrogens (tertiary/aromatic N) is 4. The molecule has 0 saturated heterocycles. The van der Waals surface area contributed by atoms with Crippen molar-refractivity contribution >= 4 is 17.0 Å². The molecule has 0 aliphatic heterocycles. The van der Waals surface area contributed by atoms with E-state index in [4.69, 9.17) is 0 Å². The van der Waals surface area contributed by atoms with Gasteiger partial charge in [-0.2, -0.15) is 5.26 Å². The molecule has 1 N–H and O–H groups in total. The minimum atomic E-state index is -0.456. The molecule has 0 spiro atoms. The van der Waals surface area contributed by atoms with Crippen molar-refractivity contribution in [3.8, 4) is 6.07 Å². The second-order valence-electron chi connectivity index (χ2n) is 6.75. The number of Topliss-reactive ketones (excluding diaryl/α,β-unsaturated/α-hetero) is 1. The summed E-state index contributed by atoms with van der Waals surface area (Å²) in [5.74, 6) is -0.453. The lowest BCUT2D eigenvalue weighted by molar-refractivity contribution is -0.118. The maximum atomic E-state index is 12.5. The Morgan fingerprint density at radius 2 is 2.00 bits per heavy atom. The number of hydrogen-bond acceptors (Lipinski definition) is 6. The van der Waals surface area contributed by atoms with E-state index in [1.807, 2.05) is 19.9 Å². The number of ketones is 1. The van der Waals surface area contributed by atoms with Crippen molar-refractivity contribution < 1.29 is 9.90 Å². The molecule has 0 bridgehead atoms. The number of nitriles is 1. The van der Waals surface area contributed by atoms with E-state index in [2.05, 4.69) is 10.2 Å². The average Bonchev–Trinajstić information content (AvgIpc) is 2.55. The number of rotatable bonds is 2. The summed E-state index contributed by atoms with van der Waals surface area (Å²) in [6.45, 7) is 3.76. The fourth-order valence-corrected chi connectivity index (χ4v) is 2.89. The molecule has 25 heavy (non-hydrogen) atoms. The fraction of sp³-hybridized carbons (Fsp3) is 0.278. The number of pyridine rings is 2. The van der Waals surface area contributed by atoms with Gasteiger partial charge in [-0.25, -0.2) is 0 Å². The fourth-order valence-electron chi connectivity index (χ4n) is 2.89. The van der Waals surface area contributed by atoms with E-state index in [1.165, 1.54) is 16.7 Å². The normalized spacial score (nSPS) is 17.2. The van der Waals surface area contributed by atoms with Crippen LogP contribution in [0.2, 0.25) is 0 Å². The van der Waals surface area contributed by atoms with Crippen molar-refractivity contribution in [2.24, 2.45) is 15.6 Å².